The van der Waals surface area contributed by atoms with Crippen molar-refractivity contribution < 1.29 is 0 Å². The highest BCUT2D eigenvalue weighted by Gasteiger charge is 2.28. The normalized spacial score (nSPS) is 19.5. The lowest BCUT2D eigenvalue weighted by Crippen LogP contribution is -2.08. The molecule has 2 aliphatic carbocycles. The predicted octanol–water partition coefficient (Wildman–Crippen LogP) is 4.38. The molecular weight excluding hydrogens is 266 g/mol. The van der Waals surface area contributed by atoms with Gasteiger partial charge in [-0.25, -0.2) is 9.97 Å². The van der Waals surface area contributed by atoms with Crippen LogP contribution in [0.25, 0.3) is 0 Å². The van der Waals surface area contributed by atoms with Crippen molar-refractivity contribution in [3.8, 4) is 0 Å². The minimum atomic E-state index is 0.624. The highest BCUT2D eigenvalue weighted by molar-refractivity contribution is 7.99. The van der Waals surface area contributed by atoms with Crippen molar-refractivity contribution in [3.63, 3.8) is 0 Å². The molecule has 20 heavy (non-hydrogen) atoms. The van der Waals surface area contributed by atoms with E-state index < -0.39 is 0 Å². The first kappa shape index (κ1) is 14.2. The molecule has 0 atom stereocenters. The van der Waals surface area contributed by atoms with Crippen LogP contribution in [0.5, 0.6) is 0 Å². The minimum Gasteiger partial charge on any atom is -0.370 e. The van der Waals surface area contributed by atoms with Crippen LogP contribution in [0.1, 0.15) is 62.8 Å². The Hall–Kier alpha value is -0.770. The van der Waals surface area contributed by atoms with Gasteiger partial charge in [0.05, 0.1) is 0 Å². The van der Waals surface area contributed by atoms with Crippen molar-refractivity contribution in [1.82, 2.24) is 9.97 Å². The summed E-state index contributed by atoms with van der Waals surface area (Å²) in [6.07, 6.45) is 8.19. The average molecular weight is 291 g/mol. The Morgan fingerprint density at radius 1 is 1.15 bits per heavy atom. The van der Waals surface area contributed by atoms with E-state index >= 15 is 0 Å². The van der Waals surface area contributed by atoms with E-state index in [1.807, 2.05) is 11.8 Å². The zero-order valence-corrected chi connectivity index (χ0v) is 13.4. The van der Waals surface area contributed by atoms with Gasteiger partial charge in [-0.1, -0.05) is 12.8 Å². The summed E-state index contributed by atoms with van der Waals surface area (Å²) < 4.78 is 0. The molecule has 4 heteroatoms. The lowest BCUT2D eigenvalue weighted by Gasteiger charge is -2.14. The number of nitrogens with zero attached hydrogens (tertiary/aromatic N) is 2. The minimum absolute atomic E-state index is 0.624. The van der Waals surface area contributed by atoms with E-state index in [2.05, 4.69) is 19.2 Å². The third-order valence-electron chi connectivity index (χ3n) is 4.34. The Labute approximate surface area is 126 Å². The monoisotopic (exact) mass is 291 g/mol. The molecule has 0 spiro atoms. The van der Waals surface area contributed by atoms with Crippen LogP contribution in [0, 0.1) is 12.8 Å². The molecule has 1 aromatic heterocycles. The van der Waals surface area contributed by atoms with Gasteiger partial charge in [0.2, 0.25) is 0 Å². The van der Waals surface area contributed by atoms with Crippen LogP contribution in [0.3, 0.4) is 0 Å². The molecule has 2 saturated carbocycles. The topological polar surface area (TPSA) is 37.8 Å². The quantitative estimate of drug-likeness (QED) is 0.623. The summed E-state index contributed by atoms with van der Waals surface area (Å²) in [5, 5.41) is 4.62. The maximum atomic E-state index is 4.85. The molecule has 1 N–H and O–H groups in total. The molecule has 0 bridgehead atoms. The molecule has 3 nitrogen and oxygen atoms in total. The summed E-state index contributed by atoms with van der Waals surface area (Å²) in [7, 11) is 0. The molecular formula is C16H25N3S. The van der Waals surface area contributed by atoms with Gasteiger partial charge in [-0.2, -0.15) is 0 Å². The SMILES string of the molecule is CCNc1nc(C2CC2)nc(SCC2CCCC2)c1C. The Bertz CT molecular complexity index is 465. The van der Waals surface area contributed by atoms with Crippen molar-refractivity contribution in [1.29, 1.82) is 0 Å². The molecule has 1 aromatic rings. The molecule has 2 fully saturated rings. The van der Waals surface area contributed by atoms with Gasteiger partial charge in [-0.15, -0.1) is 11.8 Å². The van der Waals surface area contributed by atoms with E-state index in [-0.39, 0.29) is 0 Å². The van der Waals surface area contributed by atoms with E-state index in [0.29, 0.717) is 5.92 Å². The number of anilines is 1. The molecule has 0 aliphatic heterocycles. The first-order chi connectivity index (χ1) is 9.78. The molecule has 3 rings (SSSR count). The Balaban J connectivity index is 1.76. The van der Waals surface area contributed by atoms with Gasteiger partial charge in [0.15, 0.2) is 0 Å². The van der Waals surface area contributed by atoms with Crippen molar-refractivity contribution in [3.05, 3.63) is 11.4 Å². The molecule has 1 heterocycles. The Kier molecular flexibility index (Phi) is 4.49. The second-order valence-electron chi connectivity index (χ2n) is 6.13. The first-order valence-electron chi connectivity index (χ1n) is 8.03. The summed E-state index contributed by atoms with van der Waals surface area (Å²) in [6.45, 7) is 5.21. The maximum Gasteiger partial charge on any atom is 0.135 e. The summed E-state index contributed by atoms with van der Waals surface area (Å²) in [5.74, 6) is 4.88. The van der Waals surface area contributed by atoms with Gasteiger partial charge in [0.1, 0.15) is 16.7 Å². The summed E-state index contributed by atoms with van der Waals surface area (Å²) in [4.78, 5) is 9.58. The third kappa shape index (κ3) is 3.27. The fraction of sp³-hybridized carbons (Fsp3) is 0.750. The van der Waals surface area contributed by atoms with Crippen LogP contribution >= 0.6 is 11.8 Å². The van der Waals surface area contributed by atoms with E-state index in [0.717, 1.165) is 24.1 Å². The summed E-state index contributed by atoms with van der Waals surface area (Å²) in [5.41, 5.74) is 1.24. The molecule has 0 unspecified atom stereocenters. The number of nitrogens with one attached hydrogen (secondary N) is 1. The van der Waals surface area contributed by atoms with Gasteiger partial charge in [-0.3, -0.25) is 0 Å². The van der Waals surface area contributed by atoms with Gasteiger partial charge < -0.3 is 5.32 Å². The van der Waals surface area contributed by atoms with E-state index in [4.69, 9.17) is 9.97 Å². The molecule has 0 radical (unpaired) electrons. The molecule has 2 aliphatic rings. The van der Waals surface area contributed by atoms with Crippen LogP contribution in [-0.2, 0) is 0 Å². The van der Waals surface area contributed by atoms with Crippen LogP contribution in [0.15, 0.2) is 5.03 Å². The van der Waals surface area contributed by atoms with E-state index in [1.54, 1.807) is 0 Å². The largest absolute Gasteiger partial charge is 0.370 e. The fourth-order valence-electron chi connectivity index (χ4n) is 2.89. The lowest BCUT2D eigenvalue weighted by atomic mass is 10.1. The zero-order chi connectivity index (χ0) is 13.9. The second kappa shape index (κ2) is 6.33. The van der Waals surface area contributed by atoms with Crippen LogP contribution in [0.4, 0.5) is 5.82 Å². The predicted molar refractivity (Wildman–Crippen MR) is 85.6 cm³/mol. The first-order valence-corrected chi connectivity index (χ1v) is 9.01. The molecule has 0 amide bonds. The summed E-state index contributed by atoms with van der Waals surface area (Å²) in [6, 6.07) is 0. The molecule has 0 aromatic carbocycles. The zero-order valence-electron chi connectivity index (χ0n) is 12.6. The van der Waals surface area contributed by atoms with E-state index in [9.17, 15) is 0 Å². The number of thioether (sulfide) groups is 1. The van der Waals surface area contributed by atoms with Gasteiger partial charge in [0, 0.05) is 23.8 Å². The number of hydrogen-bond donors (Lipinski definition) is 1. The van der Waals surface area contributed by atoms with Crippen LogP contribution in [0.2, 0.25) is 0 Å². The summed E-state index contributed by atoms with van der Waals surface area (Å²) >= 11 is 1.95. The van der Waals surface area contributed by atoms with Crippen molar-refractivity contribution in [2.75, 3.05) is 17.6 Å². The average Bonchev–Trinajstić information content (AvgIpc) is 3.17. The molecule has 110 valence electrons. The highest BCUT2D eigenvalue weighted by atomic mass is 32.2. The van der Waals surface area contributed by atoms with Gasteiger partial charge in [0.25, 0.3) is 0 Å². The number of rotatable bonds is 6. The van der Waals surface area contributed by atoms with Crippen LogP contribution in [-0.4, -0.2) is 22.3 Å². The third-order valence-corrected chi connectivity index (χ3v) is 5.64. The highest BCUT2D eigenvalue weighted by Crippen LogP contribution is 2.40. The van der Waals surface area contributed by atoms with Crippen molar-refractivity contribution >= 4 is 17.6 Å². The fourth-order valence-corrected chi connectivity index (χ4v) is 4.09. The maximum absolute atomic E-state index is 4.85. The standard InChI is InChI=1S/C16H25N3S/c1-3-17-14-11(2)16(19-15(18-14)13-8-9-13)20-10-12-6-4-5-7-12/h12-13H,3-10H2,1-2H3,(H,17,18,19). The second-order valence-corrected chi connectivity index (χ2v) is 7.14. The number of aromatic nitrogens is 2. The van der Waals surface area contributed by atoms with Gasteiger partial charge in [-0.05, 0) is 45.4 Å². The van der Waals surface area contributed by atoms with Crippen molar-refractivity contribution in [2.24, 2.45) is 5.92 Å². The smallest absolute Gasteiger partial charge is 0.135 e. The van der Waals surface area contributed by atoms with Gasteiger partial charge >= 0.3 is 0 Å². The Morgan fingerprint density at radius 3 is 2.55 bits per heavy atom. The van der Waals surface area contributed by atoms with E-state index in [1.165, 1.54) is 54.9 Å². The number of hydrogen-bond acceptors (Lipinski definition) is 4. The van der Waals surface area contributed by atoms with Crippen LogP contribution < -0.4 is 5.32 Å². The molecule has 0 saturated heterocycles. The van der Waals surface area contributed by atoms with Crippen molar-refractivity contribution in [2.45, 2.75) is 63.3 Å². The Morgan fingerprint density at radius 2 is 1.90 bits per heavy atom. The lowest BCUT2D eigenvalue weighted by molar-refractivity contribution is 0.622.